The third kappa shape index (κ3) is 4.43. The smallest absolute Gasteiger partial charge is 0.335 e. The Hall–Kier alpha value is -1.64. The molecule has 3 heteroatoms. The number of ketones is 1. The topological polar surface area (TPSA) is 54.4 Å². The van der Waals surface area contributed by atoms with Crippen LogP contribution >= 0.6 is 0 Å². The summed E-state index contributed by atoms with van der Waals surface area (Å²) >= 11 is 0. The van der Waals surface area contributed by atoms with Gasteiger partial charge < -0.3 is 5.11 Å². The van der Waals surface area contributed by atoms with Crippen molar-refractivity contribution in [2.75, 3.05) is 0 Å². The molecule has 3 nitrogen and oxygen atoms in total. The summed E-state index contributed by atoms with van der Waals surface area (Å²) in [5, 5.41) is 9.03. The van der Waals surface area contributed by atoms with Crippen molar-refractivity contribution in [3.8, 4) is 0 Å². The first kappa shape index (κ1) is 16.7. The molecule has 0 radical (unpaired) electrons. The summed E-state index contributed by atoms with van der Waals surface area (Å²) in [5.74, 6) is -0.355. The van der Waals surface area contributed by atoms with E-state index in [2.05, 4.69) is 6.92 Å². The van der Waals surface area contributed by atoms with Crippen molar-refractivity contribution < 1.29 is 14.7 Å². The molecule has 0 heterocycles. The first-order valence-electron chi connectivity index (χ1n) is 8.49. The van der Waals surface area contributed by atoms with E-state index < -0.39 is 5.97 Å². The number of Topliss-reactive ketones (excluding diaryl/α,β-unsaturated/α-hetero) is 1. The quantitative estimate of drug-likeness (QED) is 0.723. The molecule has 0 aliphatic heterocycles. The van der Waals surface area contributed by atoms with Gasteiger partial charge in [0.15, 0.2) is 0 Å². The highest BCUT2D eigenvalue weighted by molar-refractivity contribution is 5.88. The van der Waals surface area contributed by atoms with Gasteiger partial charge in [0.05, 0.1) is 5.56 Å². The zero-order chi connectivity index (χ0) is 15.9. The van der Waals surface area contributed by atoms with E-state index in [9.17, 15) is 9.59 Å². The van der Waals surface area contributed by atoms with Gasteiger partial charge in [-0.1, -0.05) is 38.7 Å². The van der Waals surface area contributed by atoms with Crippen molar-refractivity contribution in [3.05, 3.63) is 34.9 Å². The Morgan fingerprint density at radius 3 is 2.64 bits per heavy atom. The molecule has 120 valence electrons. The second-order valence-electron chi connectivity index (χ2n) is 6.36. The lowest BCUT2D eigenvalue weighted by molar-refractivity contribution is -0.123. The van der Waals surface area contributed by atoms with Crippen LogP contribution < -0.4 is 0 Å². The second-order valence-corrected chi connectivity index (χ2v) is 6.36. The first-order chi connectivity index (χ1) is 10.6. The van der Waals surface area contributed by atoms with Crippen LogP contribution in [-0.2, 0) is 17.6 Å². The van der Waals surface area contributed by atoms with Crippen LogP contribution in [0.5, 0.6) is 0 Å². The minimum Gasteiger partial charge on any atom is -0.478 e. The highest BCUT2D eigenvalue weighted by atomic mass is 16.4. The van der Waals surface area contributed by atoms with Crippen molar-refractivity contribution in [1.29, 1.82) is 0 Å². The first-order valence-corrected chi connectivity index (χ1v) is 8.49. The van der Waals surface area contributed by atoms with E-state index in [1.165, 1.54) is 19.3 Å². The Bertz CT molecular complexity index is 533. The third-order valence-electron chi connectivity index (χ3n) is 4.66. The monoisotopic (exact) mass is 302 g/mol. The molecule has 0 bridgehead atoms. The molecule has 1 aromatic carbocycles. The van der Waals surface area contributed by atoms with Crippen LogP contribution in [0.15, 0.2) is 18.2 Å². The van der Waals surface area contributed by atoms with Crippen molar-refractivity contribution in [2.24, 2.45) is 5.92 Å². The van der Waals surface area contributed by atoms with Gasteiger partial charge in [0.2, 0.25) is 0 Å². The lowest BCUT2D eigenvalue weighted by atomic mass is 9.80. The van der Waals surface area contributed by atoms with Crippen molar-refractivity contribution in [3.63, 3.8) is 0 Å². The number of aromatic carboxylic acids is 1. The van der Waals surface area contributed by atoms with E-state index in [4.69, 9.17) is 5.11 Å². The average Bonchev–Trinajstić information content (AvgIpc) is 2.53. The summed E-state index contributed by atoms with van der Waals surface area (Å²) in [6.07, 6.45) is 9.06. The minimum atomic E-state index is -0.881. The van der Waals surface area contributed by atoms with Crippen molar-refractivity contribution in [1.82, 2.24) is 0 Å². The Kier molecular flexibility index (Phi) is 6.17. The molecular weight excluding hydrogens is 276 g/mol. The zero-order valence-electron chi connectivity index (χ0n) is 13.4. The van der Waals surface area contributed by atoms with Crippen molar-refractivity contribution in [2.45, 2.75) is 64.7 Å². The number of carboxylic acid groups (broad SMARTS) is 1. The van der Waals surface area contributed by atoms with E-state index >= 15 is 0 Å². The molecule has 1 aliphatic rings. The maximum Gasteiger partial charge on any atom is 0.335 e. The maximum atomic E-state index is 12.3. The van der Waals surface area contributed by atoms with E-state index in [0.717, 1.165) is 43.2 Å². The summed E-state index contributed by atoms with van der Waals surface area (Å²) < 4.78 is 0. The Labute approximate surface area is 132 Å². The number of carbonyl (C=O) groups is 2. The van der Waals surface area contributed by atoms with Gasteiger partial charge in [0.1, 0.15) is 5.78 Å². The number of hydrogen-bond acceptors (Lipinski definition) is 2. The molecule has 1 N–H and O–H groups in total. The van der Waals surface area contributed by atoms with E-state index in [1.54, 1.807) is 12.1 Å². The SMILES string of the molecule is CCCCCCCC(=O)C1CCc2cc(C(=O)O)ccc2C1. The molecule has 0 amide bonds. The largest absolute Gasteiger partial charge is 0.478 e. The van der Waals surface area contributed by atoms with Crippen LogP contribution in [0.25, 0.3) is 0 Å². The summed E-state index contributed by atoms with van der Waals surface area (Å²) in [6.45, 7) is 2.19. The van der Waals surface area contributed by atoms with Crippen LogP contribution in [0.1, 0.15) is 73.4 Å². The number of carboxylic acids is 1. The third-order valence-corrected chi connectivity index (χ3v) is 4.66. The molecule has 0 aromatic heterocycles. The fraction of sp³-hybridized carbons (Fsp3) is 0.579. The van der Waals surface area contributed by atoms with E-state index in [0.29, 0.717) is 17.8 Å². The van der Waals surface area contributed by atoms with Crippen LogP contribution in [0, 0.1) is 5.92 Å². The number of rotatable bonds is 8. The highest BCUT2D eigenvalue weighted by Crippen LogP contribution is 2.28. The van der Waals surface area contributed by atoms with Gasteiger partial charge in [-0.15, -0.1) is 0 Å². The molecule has 1 atom stereocenters. The molecule has 2 rings (SSSR count). The fourth-order valence-corrected chi connectivity index (χ4v) is 3.27. The molecular formula is C19H26O3. The summed E-state index contributed by atoms with van der Waals surface area (Å²) in [7, 11) is 0. The average molecular weight is 302 g/mol. The van der Waals surface area contributed by atoms with Crippen LogP contribution in [-0.4, -0.2) is 16.9 Å². The Balaban J connectivity index is 1.86. The molecule has 22 heavy (non-hydrogen) atoms. The molecule has 0 fully saturated rings. The number of fused-ring (bicyclic) bond motifs is 1. The lowest BCUT2D eigenvalue weighted by Crippen LogP contribution is -2.23. The van der Waals surface area contributed by atoms with Gasteiger partial charge >= 0.3 is 5.97 Å². The molecule has 0 saturated carbocycles. The predicted octanol–water partition coefficient (Wildman–Crippen LogP) is 4.42. The zero-order valence-corrected chi connectivity index (χ0v) is 13.4. The predicted molar refractivity (Wildman–Crippen MR) is 87.3 cm³/mol. The second kappa shape index (κ2) is 8.11. The molecule has 1 aromatic rings. The van der Waals surface area contributed by atoms with Crippen LogP contribution in [0.3, 0.4) is 0 Å². The standard InChI is InChI=1S/C19H26O3/c1-2-3-4-5-6-7-18(20)16-10-8-15-13-17(19(21)22)11-9-14(15)12-16/h9,11,13,16H,2-8,10,12H2,1H3,(H,21,22). The van der Waals surface area contributed by atoms with Gasteiger partial charge in [0, 0.05) is 12.3 Å². The number of hydrogen-bond donors (Lipinski definition) is 1. The number of unbranched alkanes of at least 4 members (excludes halogenated alkanes) is 4. The highest BCUT2D eigenvalue weighted by Gasteiger charge is 2.24. The van der Waals surface area contributed by atoms with Gasteiger partial charge in [0.25, 0.3) is 0 Å². The Morgan fingerprint density at radius 2 is 1.91 bits per heavy atom. The fourth-order valence-electron chi connectivity index (χ4n) is 3.27. The number of carbonyl (C=O) groups excluding carboxylic acids is 1. The van der Waals surface area contributed by atoms with E-state index in [1.807, 2.05) is 6.07 Å². The number of aryl methyl sites for hydroxylation is 1. The van der Waals surface area contributed by atoms with Gasteiger partial charge in [-0.25, -0.2) is 4.79 Å². The summed E-state index contributed by atoms with van der Waals surface area (Å²) in [4.78, 5) is 23.3. The van der Waals surface area contributed by atoms with Gasteiger partial charge in [-0.3, -0.25) is 4.79 Å². The molecule has 0 saturated heterocycles. The Morgan fingerprint density at radius 1 is 1.14 bits per heavy atom. The minimum absolute atomic E-state index is 0.134. The summed E-state index contributed by atoms with van der Waals surface area (Å²) in [6, 6.07) is 5.31. The molecule has 1 unspecified atom stereocenters. The number of benzene rings is 1. The van der Waals surface area contributed by atoms with Gasteiger partial charge in [-0.05, 0) is 48.9 Å². The molecule has 0 spiro atoms. The van der Waals surface area contributed by atoms with Crippen LogP contribution in [0.2, 0.25) is 0 Å². The van der Waals surface area contributed by atoms with Crippen molar-refractivity contribution >= 4 is 11.8 Å². The maximum absolute atomic E-state index is 12.3. The molecule has 1 aliphatic carbocycles. The summed E-state index contributed by atoms with van der Waals surface area (Å²) in [5.41, 5.74) is 2.60. The normalized spacial score (nSPS) is 17.0. The lowest BCUT2D eigenvalue weighted by Gasteiger charge is -2.24. The van der Waals surface area contributed by atoms with Crippen LogP contribution in [0.4, 0.5) is 0 Å². The van der Waals surface area contributed by atoms with E-state index in [-0.39, 0.29) is 5.92 Å². The van der Waals surface area contributed by atoms with Gasteiger partial charge in [-0.2, -0.15) is 0 Å².